The van der Waals surface area contributed by atoms with Crippen LogP contribution in [0.5, 0.6) is 11.5 Å². The average molecular weight is 500 g/mol. The number of para-hydroxylation sites is 1. The Kier molecular flexibility index (Phi) is 8.38. The summed E-state index contributed by atoms with van der Waals surface area (Å²) in [6, 6.07) is 8.37. The van der Waals surface area contributed by atoms with E-state index in [1.54, 1.807) is 43.3 Å². The quantitative estimate of drug-likeness (QED) is 0.349. The molecule has 0 saturated heterocycles. The van der Waals surface area contributed by atoms with Gasteiger partial charge in [-0.05, 0) is 43.7 Å². The largest absolute Gasteiger partial charge is 0.490 e. The van der Waals surface area contributed by atoms with Gasteiger partial charge < -0.3 is 30.2 Å². The second-order valence-corrected chi connectivity index (χ2v) is 7.83. The molecule has 3 rings (SSSR count). The summed E-state index contributed by atoms with van der Waals surface area (Å²) in [4.78, 5) is 37.9. The zero-order valence-corrected chi connectivity index (χ0v) is 20.3. The Bertz CT molecular complexity index is 1190. The Hall–Kier alpha value is -3.98. The molecule has 0 aliphatic carbocycles. The van der Waals surface area contributed by atoms with Crippen LogP contribution < -0.4 is 25.4 Å². The zero-order chi connectivity index (χ0) is 25.5. The fourth-order valence-electron chi connectivity index (χ4n) is 3.61. The van der Waals surface area contributed by atoms with Crippen LogP contribution in [0.25, 0.3) is 0 Å². The summed E-state index contributed by atoms with van der Waals surface area (Å²) < 4.78 is 16.1. The van der Waals surface area contributed by atoms with Gasteiger partial charge in [0, 0.05) is 5.70 Å². The van der Waals surface area contributed by atoms with Gasteiger partial charge in [-0.2, -0.15) is 0 Å². The van der Waals surface area contributed by atoms with Gasteiger partial charge in [-0.15, -0.1) is 0 Å². The first-order chi connectivity index (χ1) is 16.8. The first-order valence-electron chi connectivity index (χ1n) is 10.8. The van der Waals surface area contributed by atoms with Gasteiger partial charge in [-0.25, -0.2) is 9.59 Å². The number of benzene rings is 2. The fraction of sp³-hybridized carbons (Fsp3) is 0.240. The molecule has 1 unspecified atom stereocenters. The lowest BCUT2D eigenvalue weighted by molar-refractivity contribution is -0.113. The summed E-state index contributed by atoms with van der Waals surface area (Å²) in [6.45, 7) is 7.61. The number of esters is 1. The molecule has 0 aromatic heterocycles. The van der Waals surface area contributed by atoms with Gasteiger partial charge in [0.1, 0.15) is 6.61 Å². The van der Waals surface area contributed by atoms with E-state index in [1.807, 2.05) is 6.92 Å². The van der Waals surface area contributed by atoms with Gasteiger partial charge in [0.25, 0.3) is 5.91 Å². The number of hydrogen-bond donors (Lipinski definition) is 3. The molecule has 2 aromatic rings. The van der Waals surface area contributed by atoms with Crippen LogP contribution in [-0.4, -0.2) is 38.2 Å². The van der Waals surface area contributed by atoms with Crippen molar-refractivity contribution in [3.8, 4) is 11.5 Å². The molecule has 0 radical (unpaired) electrons. The molecule has 1 atom stereocenters. The van der Waals surface area contributed by atoms with E-state index in [9.17, 15) is 14.4 Å². The number of allylic oxidation sites excluding steroid dienone is 1. The summed E-state index contributed by atoms with van der Waals surface area (Å²) in [7, 11) is 1.26. The number of amides is 3. The molecule has 0 spiro atoms. The lowest BCUT2D eigenvalue weighted by Crippen LogP contribution is -2.46. The first-order valence-corrected chi connectivity index (χ1v) is 11.1. The van der Waals surface area contributed by atoms with Crippen molar-refractivity contribution in [2.45, 2.75) is 19.9 Å². The Morgan fingerprint density at radius 2 is 1.97 bits per heavy atom. The number of urea groups is 1. The summed E-state index contributed by atoms with van der Waals surface area (Å²) in [5, 5.41) is 8.36. The molecule has 1 aliphatic heterocycles. The van der Waals surface area contributed by atoms with Crippen molar-refractivity contribution in [1.82, 2.24) is 10.6 Å². The summed E-state index contributed by atoms with van der Waals surface area (Å²) in [5.74, 6) is -0.437. The fourth-order valence-corrected chi connectivity index (χ4v) is 3.89. The molecule has 1 heterocycles. The molecule has 3 amide bonds. The number of carbonyl (C=O) groups excluding carboxylic acids is 3. The van der Waals surface area contributed by atoms with E-state index in [1.165, 1.54) is 13.2 Å². The van der Waals surface area contributed by atoms with E-state index < -0.39 is 23.9 Å². The van der Waals surface area contributed by atoms with E-state index in [2.05, 4.69) is 22.5 Å². The van der Waals surface area contributed by atoms with Crippen molar-refractivity contribution >= 4 is 35.2 Å². The zero-order valence-electron chi connectivity index (χ0n) is 19.6. The highest BCUT2D eigenvalue weighted by Crippen LogP contribution is 2.40. The molecule has 3 N–H and O–H groups in total. The van der Waals surface area contributed by atoms with E-state index in [0.717, 1.165) is 0 Å². The maximum Gasteiger partial charge on any atom is 0.339 e. The number of ether oxygens (including phenoxy) is 3. The number of hydrogen-bond acceptors (Lipinski definition) is 6. The molecule has 10 heteroatoms. The average Bonchev–Trinajstić information content (AvgIpc) is 2.82. The van der Waals surface area contributed by atoms with Crippen molar-refractivity contribution in [1.29, 1.82) is 0 Å². The number of methoxy groups -OCH3 is 1. The summed E-state index contributed by atoms with van der Waals surface area (Å²) in [6.07, 6.45) is 1.58. The van der Waals surface area contributed by atoms with E-state index in [-0.39, 0.29) is 28.5 Å². The predicted octanol–water partition coefficient (Wildman–Crippen LogP) is 4.36. The Morgan fingerprint density at radius 3 is 2.66 bits per heavy atom. The second kappa shape index (κ2) is 11.4. The third kappa shape index (κ3) is 5.75. The molecular weight excluding hydrogens is 474 g/mol. The van der Waals surface area contributed by atoms with Crippen molar-refractivity contribution in [3.63, 3.8) is 0 Å². The van der Waals surface area contributed by atoms with Gasteiger partial charge >= 0.3 is 12.0 Å². The summed E-state index contributed by atoms with van der Waals surface area (Å²) >= 11 is 6.49. The summed E-state index contributed by atoms with van der Waals surface area (Å²) in [5.41, 5.74) is 1.53. The normalized spacial score (nSPS) is 15.0. The molecule has 0 saturated carbocycles. The molecule has 184 valence electrons. The molecule has 0 fully saturated rings. The number of rotatable bonds is 9. The molecule has 1 aliphatic rings. The minimum atomic E-state index is -0.862. The molecule has 9 nitrogen and oxygen atoms in total. The highest BCUT2D eigenvalue weighted by molar-refractivity contribution is 6.32. The second-order valence-electron chi connectivity index (χ2n) is 7.42. The Labute approximate surface area is 208 Å². The highest BCUT2D eigenvalue weighted by Gasteiger charge is 2.33. The van der Waals surface area contributed by atoms with Crippen molar-refractivity contribution in [2.75, 3.05) is 25.6 Å². The van der Waals surface area contributed by atoms with Crippen LogP contribution in [0.2, 0.25) is 5.02 Å². The minimum absolute atomic E-state index is 0.191. The third-order valence-corrected chi connectivity index (χ3v) is 5.39. The third-order valence-electron chi connectivity index (χ3n) is 5.10. The van der Waals surface area contributed by atoms with Gasteiger partial charge in [-0.3, -0.25) is 4.79 Å². The molecule has 0 bridgehead atoms. The maximum atomic E-state index is 13.4. The molecule has 35 heavy (non-hydrogen) atoms. The Morgan fingerprint density at radius 1 is 1.23 bits per heavy atom. The molecular formula is C25H26ClN3O6. The number of halogens is 1. The van der Waals surface area contributed by atoms with Gasteiger partial charge in [0.05, 0.1) is 41.6 Å². The van der Waals surface area contributed by atoms with Crippen molar-refractivity contribution in [3.05, 3.63) is 76.5 Å². The lowest BCUT2D eigenvalue weighted by atomic mass is 9.94. The van der Waals surface area contributed by atoms with Crippen LogP contribution in [-0.2, 0) is 9.53 Å². The number of anilines is 1. The van der Waals surface area contributed by atoms with Crippen LogP contribution in [0.3, 0.4) is 0 Å². The maximum absolute atomic E-state index is 13.4. The molecule has 2 aromatic carbocycles. The number of nitrogens with one attached hydrogen (secondary N) is 3. The van der Waals surface area contributed by atoms with Gasteiger partial charge in [0.15, 0.2) is 11.5 Å². The van der Waals surface area contributed by atoms with Gasteiger partial charge in [0.2, 0.25) is 0 Å². The lowest BCUT2D eigenvalue weighted by Gasteiger charge is -2.29. The van der Waals surface area contributed by atoms with Crippen molar-refractivity contribution in [2.24, 2.45) is 0 Å². The number of carbonyl (C=O) groups is 3. The first kappa shape index (κ1) is 25.6. The van der Waals surface area contributed by atoms with E-state index in [0.29, 0.717) is 29.4 Å². The van der Waals surface area contributed by atoms with E-state index >= 15 is 0 Å². The smallest absolute Gasteiger partial charge is 0.339 e. The van der Waals surface area contributed by atoms with Crippen LogP contribution in [0.1, 0.15) is 35.8 Å². The minimum Gasteiger partial charge on any atom is -0.490 e. The van der Waals surface area contributed by atoms with Gasteiger partial charge in [-0.1, -0.05) is 36.4 Å². The van der Waals surface area contributed by atoms with Crippen LogP contribution in [0.4, 0.5) is 10.5 Å². The van der Waals surface area contributed by atoms with Crippen molar-refractivity contribution < 1.29 is 28.6 Å². The predicted molar refractivity (Wildman–Crippen MR) is 132 cm³/mol. The van der Waals surface area contributed by atoms with Crippen LogP contribution in [0, 0.1) is 0 Å². The van der Waals surface area contributed by atoms with Crippen LogP contribution >= 0.6 is 11.6 Å². The topological polar surface area (TPSA) is 115 Å². The van der Waals surface area contributed by atoms with E-state index in [4.69, 9.17) is 25.8 Å². The Balaban J connectivity index is 2.03. The SMILES string of the molecule is C=CCOc1c(Cl)cc(C2NC(=O)NC(C)=C2C(=O)Nc2ccccc2C(=O)OC)cc1OCC. The highest BCUT2D eigenvalue weighted by atomic mass is 35.5. The standard InChI is InChI=1S/C25H26ClN3O6/c1-5-11-35-22-17(26)12-15(13-19(22)34-6-2)21-20(14(3)27-25(32)29-21)23(30)28-18-10-8-7-9-16(18)24(31)33-4/h5,7-10,12-13,21H,1,6,11H2,2-4H3,(H,28,30)(H2,27,29,32). The van der Waals surface area contributed by atoms with Crippen LogP contribution in [0.15, 0.2) is 60.3 Å². The monoisotopic (exact) mass is 499 g/mol.